The number of nitrogens with zero attached hydrogens (tertiary/aromatic N) is 1. The van der Waals surface area contributed by atoms with Crippen LogP contribution in [0.3, 0.4) is 0 Å². The summed E-state index contributed by atoms with van der Waals surface area (Å²) in [5.41, 5.74) is 5.79. The molecule has 0 unspecified atom stereocenters. The Kier molecular flexibility index (Phi) is 3.92. The van der Waals surface area contributed by atoms with Gasteiger partial charge in [-0.25, -0.2) is 0 Å². The molecule has 1 heteroatoms. The van der Waals surface area contributed by atoms with Crippen molar-refractivity contribution in [2.75, 3.05) is 19.0 Å². The number of hydrogen-bond acceptors (Lipinski definition) is 1. The van der Waals surface area contributed by atoms with Gasteiger partial charge in [-0.2, -0.15) is 0 Å². The molecule has 2 aromatic carbocycles. The number of benzene rings is 2. The molecule has 2 rings (SSSR count). The lowest BCUT2D eigenvalue weighted by Gasteiger charge is -2.13. The van der Waals surface area contributed by atoms with Crippen molar-refractivity contribution >= 4 is 5.69 Å². The molecule has 0 fully saturated rings. The first-order chi connectivity index (χ1) is 9.08. The van der Waals surface area contributed by atoms with Crippen LogP contribution in [0.25, 0.3) is 0 Å². The van der Waals surface area contributed by atoms with Crippen molar-refractivity contribution in [2.45, 2.75) is 13.8 Å². The first-order valence-electron chi connectivity index (χ1n) is 6.43. The molecule has 0 spiro atoms. The van der Waals surface area contributed by atoms with Crippen LogP contribution in [-0.4, -0.2) is 14.1 Å². The topological polar surface area (TPSA) is 3.24 Å². The van der Waals surface area contributed by atoms with Crippen LogP contribution in [0.1, 0.15) is 22.3 Å². The largest absolute Gasteiger partial charge is 0.377 e. The summed E-state index contributed by atoms with van der Waals surface area (Å²) in [5.74, 6) is 6.58. The summed E-state index contributed by atoms with van der Waals surface area (Å²) in [4.78, 5) is 2.09. The summed E-state index contributed by atoms with van der Waals surface area (Å²) in [7, 11) is 4.08. The second kappa shape index (κ2) is 5.63. The minimum absolute atomic E-state index is 1.06. The van der Waals surface area contributed by atoms with Gasteiger partial charge in [-0.15, -0.1) is 0 Å². The first-order valence-corrected chi connectivity index (χ1v) is 6.43. The van der Waals surface area contributed by atoms with E-state index in [1.165, 1.54) is 11.1 Å². The highest BCUT2D eigenvalue weighted by molar-refractivity contribution is 5.61. The van der Waals surface area contributed by atoms with Crippen molar-refractivity contribution < 1.29 is 0 Å². The van der Waals surface area contributed by atoms with Gasteiger partial charge >= 0.3 is 0 Å². The maximum atomic E-state index is 3.29. The maximum absolute atomic E-state index is 3.29. The van der Waals surface area contributed by atoms with Gasteiger partial charge < -0.3 is 4.90 Å². The zero-order valence-corrected chi connectivity index (χ0v) is 12.0. The molecule has 0 N–H and O–H groups in total. The van der Waals surface area contributed by atoms with E-state index in [1.54, 1.807) is 0 Å². The van der Waals surface area contributed by atoms with Crippen LogP contribution in [0, 0.1) is 25.7 Å². The predicted molar refractivity (Wildman–Crippen MR) is 82.7 cm³/mol. The zero-order chi connectivity index (χ0) is 13.8. The Labute approximate surface area is 115 Å². The Balaban J connectivity index is 2.42. The van der Waals surface area contributed by atoms with Crippen molar-refractivity contribution in [1.29, 1.82) is 0 Å². The number of rotatable bonds is 1. The van der Waals surface area contributed by atoms with Crippen molar-refractivity contribution in [3.63, 3.8) is 0 Å². The number of anilines is 1. The molecule has 0 aromatic heterocycles. The third kappa shape index (κ3) is 3.17. The minimum atomic E-state index is 1.06. The van der Waals surface area contributed by atoms with Crippen molar-refractivity contribution in [2.24, 2.45) is 0 Å². The van der Waals surface area contributed by atoms with Gasteiger partial charge in [0.1, 0.15) is 0 Å². The summed E-state index contributed by atoms with van der Waals surface area (Å²) < 4.78 is 0. The predicted octanol–water partition coefficient (Wildman–Crippen LogP) is 3.77. The van der Waals surface area contributed by atoms with E-state index in [0.29, 0.717) is 0 Å². The SMILES string of the molecule is Cc1ccc(C)c(C#Cc2ccccc2N(C)C)c1. The van der Waals surface area contributed by atoms with E-state index in [0.717, 1.165) is 16.8 Å². The molecule has 1 nitrogen and oxygen atoms in total. The third-order valence-electron chi connectivity index (χ3n) is 3.11. The molecule has 0 amide bonds. The molecule has 0 saturated heterocycles. The van der Waals surface area contributed by atoms with E-state index < -0.39 is 0 Å². The van der Waals surface area contributed by atoms with Gasteiger partial charge in [-0.1, -0.05) is 36.1 Å². The Morgan fingerprint density at radius 2 is 1.53 bits per heavy atom. The molecule has 0 aliphatic rings. The zero-order valence-electron chi connectivity index (χ0n) is 12.0. The highest BCUT2D eigenvalue weighted by atomic mass is 15.1. The fourth-order valence-corrected chi connectivity index (χ4v) is 1.97. The van der Waals surface area contributed by atoms with E-state index in [2.05, 4.69) is 60.9 Å². The molecule has 0 bridgehead atoms. The van der Waals surface area contributed by atoms with Crippen LogP contribution in [-0.2, 0) is 0 Å². The van der Waals surface area contributed by atoms with Crippen LogP contribution >= 0.6 is 0 Å². The number of hydrogen-bond donors (Lipinski definition) is 0. The summed E-state index contributed by atoms with van der Waals surface area (Å²) >= 11 is 0. The second-order valence-corrected chi connectivity index (χ2v) is 4.98. The number of para-hydroxylation sites is 1. The van der Waals surface area contributed by atoms with E-state index in [1.807, 2.05) is 26.2 Å². The summed E-state index contributed by atoms with van der Waals surface area (Å²) in [6, 6.07) is 14.6. The Hall–Kier alpha value is -2.20. The molecular formula is C18H19N. The van der Waals surface area contributed by atoms with E-state index >= 15 is 0 Å². The quantitative estimate of drug-likeness (QED) is 0.695. The fraction of sp³-hybridized carbons (Fsp3) is 0.222. The first kappa shape index (κ1) is 13.2. The minimum Gasteiger partial charge on any atom is -0.377 e. The standard InChI is InChI=1S/C18H19N/c1-14-9-10-15(2)17(13-14)12-11-16-7-5-6-8-18(16)19(3)4/h5-10,13H,1-4H3. The van der Waals surface area contributed by atoms with E-state index in [9.17, 15) is 0 Å². The molecule has 0 aliphatic heterocycles. The Bertz CT molecular complexity index is 642. The molecule has 0 heterocycles. The van der Waals surface area contributed by atoms with Crippen LogP contribution in [0.5, 0.6) is 0 Å². The normalized spacial score (nSPS) is 9.68. The molecule has 0 radical (unpaired) electrons. The van der Waals surface area contributed by atoms with Gasteiger partial charge in [0.15, 0.2) is 0 Å². The Morgan fingerprint density at radius 3 is 2.26 bits per heavy atom. The average Bonchev–Trinajstić information content (AvgIpc) is 2.40. The monoisotopic (exact) mass is 249 g/mol. The summed E-state index contributed by atoms with van der Waals surface area (Å²) in [6.07, 6.45) is 0. The molecule has 19 heavy (non-hydrogen) atoms. The Morgan fingerprint density at radius 1 is 0.842 bits per heavy atom. The van der Waals surface area contributed by atoms with Gasteiger partial charge in [0.05, 0.1) is 5.69 Å². The highest BCUT2D eigenvalue weighted by Gasteiger charge is 2.00. The smallest absolute Gasteiger partial charge is 0.0520 e. The summed E-state index contributed by atoms with van der Waals surface area (Å²) in [5, 5.41) is 0. The van der Waals surface area contributed by atoms with E-state index in [-0.39, 0.29) is 0 Å². The number of aryl methyl sites for hydroxylation is 2. The van der Waals surface area contributed by atoms with Gasteiger partial charge in [0, 0.05) is 25.2 Å². The van der Waals surface area contributed by atoms with Gasteiger partial charge in [0.25, 0.3) is 0 Å². The highest BCUT2D eigenvalue weighted by Crippen LogP contribution is 2.17. The van der Waals surface area contributed by atoms with Crippen LogP contribution in [0.2, 0.25) is 0 Å². The average molecular weight is 249 g/mol. The van der Waals surface area contributed by atoms with Crippen LogP contribution in [0.4, 0.5) is 5.69 Å². The van der Waals surface area contributed by atoms with Crippen molar-refractivity contribution in [3.05, 3.63) is 64.7 Å². The fourth-order valence-electron chi connectivity index (χ4n) is 1.97. The molecule has 0 atom stereocenters. The lowest BCUT2D eigenvalue weighted by molar-refractivity contribution is 1.13. The molecule has 2 aromatic rings. The maximum Gasteiger partial charge on any atom is 0.0520 e. The molecule has 0 saturated carbocycles. The van der Waals surface area contributed by atoms with Crippen molar-refractivity contribution in [3.8, 4) is 11.8 Å². The molecular weight excluding hydrogens is 230 g/mol. The van der Waals surface area contributed by atoms with Gasteiger partial charge in [0.2, 0.25) is 0 Å². The van der Waals surface area contributed by atoms with Crippen LogP contribution in [0.15, 0.2) is 42.5 Å². The van der Waals surface area contributed by atoms with Crippen molar-refractivity contribution in [1.82, 2.24) is 0 Å². The lowest BCUT2D eigenvalue weighted by Crippen LogP contribution is -2.10. The van der Waals surface area contributed by atoms with Gasteiger partial charge in [-0.05, 0) is 43.2 Å². The van der Waals surface area contributed by atoms with E-state index in [4.69, 9.17) is 0 Å². The van der Waals surface area contributed by atoms with Gasteiger partial charge in [-0.3, -0.25) is 0 Å². The summed E-state index contributed by atoms with van der Waals surface area (Å²) in [6.45, 7) is 4.19. The molecule has 0 aliphatic carbocycles. The third-order valence-corrected chi connectivity index (χ3v) is 3.11. The molecule has 96 valence electrons. The second-order valence-electron chi connectivity index (χ2n) is 4.98. The lowest BCUT2D eigenvalue weighted by atomic mass is 10.1. The van der Waals surface area contributed by atoms with Crippen LogP contribution < -0.4 is 4.90 Å².